The number of hydrogen-bond acceptors (Lipinski definition) is 5. The van der Waals surface area contributed by atoms with Crippen LogP contribution in [-0.4, -0.2) is 17.7 Å². The standard InChI is InChI=1S/C22H16Cl2N2O3S/c1-2-28-15-6-4-14(5-7-15)25-22-26-21(27)20(30-22)12-16-8-10-19(29-16)17-11-13(23)3-9-18(17)24/h3-12H,2H2,1H3,(H,25,26,27)/b20-12-. The van der Waals surface area contributed by atoms with Gasteiger partial charge in [0, 0.05) is 16.7 Å². The van der Waals surface area contributed by atoms with E-state index in [2.05, 4.69) is 10.3 Å². The van der Waals surface area contributed by atoms with Crippen molar-refractivity contribution in [3.8, 4) is 17.1 Å². The second-order valence-electron chi connectivity index (χ2n) is 6.23. The predicted octanol–water partition coefficient (Wildman–Crippen LogP) is 6.54. The van der Waals surface area contributed by atoms with Crippen molar-refractivity contribution in [3.05, 3.63) is 75.3 Å². The Morgan fingerprint density at radius 1 is 1.13 bits per heavy atom. The second-order valence-corrected chi connectivity index (χ2v) is 8.11. The largest absolute Gasteiger partial charge is 0.494 e. The molecule has 1 aliphatic rings. The molecule has 3 aromatic rings. The van der Waals surface area contributed by atoms with Crippen molar-refractivity contribution in [3.63, 3.8) is 0 Å². The van der Waals surface area contributed by atoms with Crippen molar-refractivity contribution in [2.24, 2.45) is 4.99 Å². The van der Waals surface area contributed by atoms with Crippen molar-refractivity contribution in [2.75, 3.05) is 6.61 Å². The molecule has 1 saturated heterocycles. The molecule has 8 heteroatoms. The highest BCUT2D eigenvalue weighted by Crippen LogP contribution is 2.34. The number of carbonyl (C=O) groups is 1. The van der Waals surface area contributed by atoms with Crippen LogP contribution in [0.1, 0.15) is 12.7 Å². The van der Waals surface area contributed by atoms with Gasteiger partial charge in [-0.2, -0.15) is 0 Å². The Morgan fingerprint density at radius 3 is 2.70 bits per heavy atom. The lowest BCUT2D eigenvalue weighted by atomic mass is 10.2. The Bertz CT molecular complexity index is 1150. The molecular formula is C22H16Cl2N2O3S. The zero-order valence-electron chi connectivity index (χ0n) is 15.8. The van der Waals surface area contributed by atoms with E-state index < -0.39 is 0 Å². The van der Waals surface area contributed by atoms with E-state index >= 15 is 0 Å². The number of aliphatic imine (C=N–C) groups is 1. The maximum atomic E-state index is 12.3. The Morgan fingerprint density at radius 2 is 1.93 bits per heavy atom. The minimum Gasteiger partial charge on any atom is -0.494 e. The van der Waals surface area contributed by atoms with E-state index in [-0.39, 0.29) is 5.91 Å². The summed E-state index contributed by atoms with van der Waals surface area (Å²) >= 11 is 13.5. The molecule has 0 aliphatic carbocycles. The van der Waals surface area contributed by atoms with Gasteiger partial charge in [-0.15, -0.1) is 0 Å². The molecule has 1 aliphatic heterocycles. The first-order chi connectivity index (χ1) is 14.5. The van der Waals surface area contributed by atoms with Crippen LogP contribution in [0.15, 0.2) is 68.9 Å². The van der Waals surface area contributed by atoms with E-state index in [1.165, 1.54) is 11.8 Å². The van der Waals surface area contributed by atoms with Gasteiger partial charge in [-0.1, -0.05) is 23.2 Å². The lowest BCUT2D eigenvalue weighted by Gasteiger charge is -2.02. The highest BCUT2D eigenvalue weighted by Gasteiger charge is 2.24. The summed E-state index contributed by atoms with van der Waals surface area (Å²) in [6.45, 7) is 2.53. The minimum absolute atomic E-state index is 0.233. The van der Waals surface area contributed by atoms with Crippen molar-refractivity contribution in [2.45, 2.75) is 6.92 Å². The molecule has 1 N–H and O–H groups in total. The Balaban J connectivity index is 1.52. The number of ether oxygens (including phenoxy) is 1. The number of thioether (sulfide) groups is 1. The molecule has 1 fully saturated rings. The minimum atomic E-state index is -0.233. The third-order valence-corrected chi connectivity index (χ3v) is 5.60. The normalized spacial score (nSPS) is 16.3. The zero-order valence-corrected chi connectivity index (χ0v) is 18.1. The first kappa shape index (κ1) is 20.6. The number of nitrogens with one attached hydrogen (secondary N) is 1. The fraction of sp³-hybridized carbons (Fsp3) is 0.0909. The average Bonchev–Trinajstić information content (AvgIpc) is 3.32. The summed E-state index contributed by atoms with van der Waals surface area (Å²) in [5.74, 6) is 1.64. The molecular weight excluding hydrogens is 443 g/mol. The van der Waals surface area contributed by atoms with Crippen LogP contribution >= 0.6 is 35.0 Å². The van der Waals surface area contributed by atoms with Crippen LogP contribution in [0.25, 0.3) is 17.4 Å². The molecule has 0 radical (unpaired) electrons. The smallest absolute Gasteiger partial charge is 0.264 e. The molecule has 30 heavy (non-hydrogen) atoms. The van der Waals surface area contributed by atoms with Crippen LogP contribution < -0.4 is 10.1 Å². The number of carbonyl (C=O) groups excluding carboxylic acids is 1. The molecule has 0 spiro atoms. The van der Waals surface area contributed by atoms with Crippen LogP contribution in [0.5, 0.6) is 5.75 Å². The summed E-state index contributed by atoms with van der Waals surface area (Å²) < 4.78 is 11.3. The Kier molecular flexibility index (Phi) is 6.18. The summed E-state index contributed by atoms with van der Waals surface area (Å²) in [6, 6.07) is 16.1. The number of rotatable bonds is 5. The van der Waals surface area contributed by atoms with Crippen molar-refractivity contribution < 1.29 is 13.9 Å². The first-order valence-electron chi connectivity index (χ1n) is 9.09. The highest BCUT2D eigenvalue weighted by molar-refractivity contribution is 8.18. The SMILES string of the molecule is CCOc1ccc(N=C2NC(=O)/C(=C/c3ccc(-c4cc(Cl)ccc4Cl)o3)S2)cc1. The number of halogens is 2. The average molecular weight is 459 g/mol. The topological polar surface area (TPSA) is 63.8 Å². The van der Waals surface area contributed by atoms with Gasteiger partial charge in [0.2, 0.25) is 0 Å². The number of hydrogen-bond donors (Lipinski definition) is 1. The van der Waals surface area contributed by atoms with Gasteiger partial charge in [-0.25, -0.2) is 4.99 Å². The molecule has 5 nitrogen and oxygen atoms in total. The molecule has 4 rings (SSSR count). The Labute approximate surface area is 187 Å². The number of furan rings is 1. The third kappa shape index (κ3) is 4.73. The van der Waals surface area contributed by atoms with Crippen LogP contribution in [0, 0.1) is 0 Å². The van der Waals surface area contributed by atoms with E-state index in [0.29, 0.717) is 43.8 Å². The van der Waals surface area contributed by atoms with Crippen LogP contribution in [0.2, 0.25) is 10.0 Å². The molecule has 1 amide bonds. The van der Waals surface area contributed by atoms with Gasteiger partial charge in [0.05, 0.1) is 22.2 Å². The molecule has 1 aromatic heterocycles. The number of amidine groups is 1. The third-order valence-electron chi connectivity index (χ3n) is 4.12. The fourth-order valence-electron chi connectivity index (χ4n) is 2.77. The van der Waals surface area contributed by atoms with E-state index in [1.54, 1.807) is 36.4 Å². The zero-order chi connectivity index (χ0) is 21.1. The van der Waals surface area contributed by atoms with E-state index in [1.807, 2.05) is 31.2 Å². The lowest BCUT2D eigenvalue weighted by Crippen LogP contribution is -2.19. The quantitative estimate of drug-likeness (QED) is 0.440. The summed E-state index contributed by atoms with van der Waals surface area (Å²) in [6.07, 6.45) is 1.67. The summed E-state index contributed by atoms with van der Waals surface area (Å²) in [4.78, 5) is 17.3. The molecule has 0 atom stereocenters. The van der Waals surface area contributed by atoms with Gasteiger partial charge in [-0.05, 0) is 73.3 Å². The van der Waals surface area contributed by atoms with Gasteiger partial charge >= 0.3 is 0 Å². The molecule has 152 valence electrons. The summed E-state index contributed by atoms with van der Waals surface area (Å²) in [5.41, 5.74) is 1.41. The van der Waals surface area contributed by atoms with E-state index in [0.717, 1.165) is 11.4 Å². The molecule has 2 aromatic carbocycles. The summed E-state index contributed by atoms with van der Waals surface area (Å²) in [7, 11) is 0. The maximum absolute atomic E-state index is 12.3. The predicted molar refractivity (Wildman–Crippen MR) is 123 cm³/mol. The van der Waals surface area contributed by atoms with Crippen molar-refractivity contribution >= 4 is 57.8 Å². The first-order valence-corrected chi connectivity index (χ1v) is 10.7. The summed E-state index contributed by atoms with van der Waals surface area (Å²) in [5, 5.41) is 4.36. The van der Waals surface area contributed by atoms with Crippen LogP contribution in [-0.2, 0) is 4.79 Å². The van der Waals surface area contributed by atoms with Gasteiger partial charge in [0.25, 0.3) is 5.91 Å². The van der Waals surface area contributed by atoms with E-state index in [4.69, 9.17) is 32.4 Å². The van der Waals surface area contributed by atoms with Gasteiger partial charge in [0.1, 0.15) is 17.3 Å². The number of nitrogens with zero attached hydrogens (tertiary/aromatic N) is 1. The van der Waals surface area contributed by atoms with Crippen LogP contribution in [0.4, 0.5) is 5.69 Å². The lowest BCUT2D eigenvalue weighted by molar-refractivity contribution is -0.115. The maximum Gasteiger partial charge on any atom is 0.264 e. The molecule has 2 heterocycles. The number of amides is 1. The monoisotopic (exact) mass is 458 g/mol. The van der Waals surface area contributed by atoms with Crippen LogP contribution in [0.3, 0.4) is 0 Å². The molecule has 0 unspecified atom stereocenters. The highest BCUT2D eigenvalue weighted by atomic mass is 35.5. The fourth-order valence-corrected chi connectivity index (χ4v) is 3.98. The number of benzene rings is 2. The van der Waals surface area contributed by atoms with Crippen molar-refractivity contribution in [1.29, 1.82) is 0 Å². The van der Waals surface area contributed by atoms with Gasteiger partial charge in [0.15, 0.2) is 5.17 Å². The van der Waals surface area contributed by atoms with Crippen molar-refractivity contribution in [1.82, 2.24) is 5.32 Å². The molecule has 0 bridgehead atoms. The van der Waals surface area contributed by atoms with E-state index in [9.17, 15) is 4.79 Å². The van der Waals surface area contributed by atoms with Gasteiger partial charge in [-0.3, -0.25) is 4.79 Å². The molecule has 0 saturated carbocycles. The van der Waals surface area contributed by atoms with Gasteiger partial charge < -0.3 is 14.5 Å². The Hall–Kier alpha value is -2.67. The second kappa shape index (κ2) is 9.00.